The van der Waals surface area contributed by atoms with E-state index in [4.69, 9.17) is 11.6 Å². The highest BCUT2D eigenvalue weighted by Crippen LogP contribution is 2.27. The highest BCUT2D eigenvalue weighted by Gasteiger charge is 2.27. The fourth-order valence-corrected chi connectivity index (χ4v) is 3.62. The molecule has 0 aliphatic carbocycles. The molecular weight excluding hydrogens is 457 g/mol. The summed E-state index contributed by atoms with van der Waals surface area (Å²) in [6.45, 7) is -1.29. The van der Waals surface area contributed by atoms with Crippen LogP contribution in [0.25, 0.3) is 33.4 Å². The Kier molecular flexibility index (Phi) is 5.01. The van der Waals surface area contributed by atoms with Gasteiger partial charge < -0.3 is 9.72 Å². The van der Waals surface area contributed by atoms with Crippen molar-refractivity contribution in [1.29, 1.82) is 0 Å². The lowest BCUT2D eigenvalue weighted by molar-refractivity contribution is -0.115. The van der Waals surface area contributed by atoms with E-state index in [1.165, 1.54) is 10.8 Å². The summed E-state index contributed by atoms with van der Waals surface area (Å²) in [5, 5.41) is 3.11. The van der Waals surface area contributed by atoms with Crippen LogP contribution in [-0.2, 0) is 0 Å². The lowest BCUT2D eigenvalue weighted by Gasteiger charge is -2.14. The van der Waals surface area contributed by atoms with Crippen LogP contribution in [0.5, 0.6) is 0 Å². The lowest BCUT2D eigenvalue weighted by atomic mass is 10.0. The number of anilines is 1. The average Bonchev–Trinajstić information content (AvgIpc) is 3.25. The van der Waals surface area contributed by atoms with Crippen molar-refractivity contribution in [2.45, 2.75) is 6.18 Å². The number of nitrogens with one attached hydrogen (secondary N) is 1. The van der Waals surface area contributed by atoms with Gasteiger partial charge in [0.25, 0.3) is 5.56 Å². The minimum Gasteiger partial charge on any atom is -0.345 e. The first kappa shape index (κ1) is 21.0. The Bertz CT molecular complexity index is 1540. The van der Waals surface area contributed by atoms with E-state index in [9.17, 15) is 18.0 Å². The molecule has 0 atom stereocenters. The summed E-state index contributed by atoms with van der Waals surface area (Å²) in [5.41, 5.74) is 1.85. The molecule has 33 heavy (non-hydrogen) atoms. The van der Waals surface area contributed by atoms with Crippen molar-refractivity contribution >= 4 is 34.1 Å². The number of halogens is 4. The Morgan fingerprint density at radius 1 is 1.03 bits per heavy atom. The molecule has 0 radical (unpaired) electrons. The number of fused-ring (bicyclic) bond motifs is 2. The Morgan fingerprint density at radius 3 is 2.58 bits per heavy atom. The molecule has 1 aromatic carbocycles. The van der Waals surface area contributed by atoms with Crippen LogP contribution in [0, 0.1) is 0 Å². The summed E-state index contributed by atoms with van der Waals surface area (Å²) >= 11 is 6.00. The van der Waals surface area contributed by atoms with E-state index in [0.29, 0.717) is 27.3 Å². The summed E-state index contributed by atoms with van der Waals surface area (Å²) in [6.07, 6.45) is 3.65. The Balaban J connectivity index is 1.73. The van der Waals surface area contributed by atoms with E-state index in [0.717, 1.165) is 0 Å². The lowest BCUT2D eigenvalue weighted by Crippen LogP contribution is -2.23. The Labute approximate surface area is 189 Å². The van der Waals surface area contributed by atoms with Crippen molar-refractivity contribution in [3.8, 4) is 16.8 Å². The zero-order chi connectivity index (χ0) is 23.2. The molecule has 5 rings (SSSR count). The van der Waals surface area contributed by atoms with Crippen molar-refractivity contribution in [1.82, 2.24) is 23.9 Å². The van der Waals surface area contributed by atoms with Gasteiger partial charge in [0.05, 0.1) is 16.8 Å². The minimum atomic E-state index is -4.44. The predicted molar refractivity (Wildman–Crippen MR) is 119 cm³/mol. The number of aromatic nitrogens is 5. The van der Waals surface area contributed by atoms with E-state index in [2.05, 4.69) is 20.3 Å². The molecule has 0 saturated heterocycles. The van der Waals surface area contributed by atoms with Gasteiger partial charge in [0.1, 0.15) is 12.2 Å². The number of alkyl halides is 3. The van der Waals surface area contributed by atoms with Gasteiger partial charge in [-0.1, -0.05) is 23.7 Å². The number of hydrogen-bond donors (Lipinski definition) is 1. The maximum atomic E-state index is 13.6. The highest BCUT2D eigenvalue weighted by atomic mass is 35.5. The van der Waals surface area contributed by atoms with Crippen LogP contribution < -0.4 is 10.9 Å². The fourth-order valence-electron chi connectivity index (χ4n) is 3.49. The first-order valence-corrected chi connectivity index (χ1v) is 10.1. The highest BCUT2D eigenvalue weighted by molar-refractivity contribution is 6.30. The molecule has 0 aliphatic heterocycles. The largest absolute Gasteiger partial charge is 0.405 e. The Morgan fingerprint density at radius 2 is 1.82 bits per heavy atom. The van der Waals surface area contributed by atoms with E-state index in [1.807, 2.05) is 0 Å². The second-order valence-electron chi connectivity index (χ2n) is 7.23. The molecule has 5 aromatic rings. The first-order valence-electron chi connectivity index (χ1n) is 9.70. The number of rotatable bonds is 4. The van der Waals surface area contributed by atoms with Gasteiger partial charge in [0.15, 0.2) is 0 Å². The molecule has 0 fully saturated rings. The second kappa shape index (κ2) is 7.89. The van der Waals surface area contributed by atoms with Gasteiger partial charge in [-0.3, -0.25) is 9.36 Å². The SMILES string of the molecule is O=c1c(-c2ccc(Cl)cc2)c2nc(NCC(F)(F)F)ncc2cn1-c1ccc2nccn2c1. The molecule has 4 heterocycles. The minimum absolute atomic E-state index is 0.215. The third kappa shape index (κ3) is 4.12. The monoisotopic (exact) mass is 470 g/mol. The van der Waals surface area contributed by atoms with Crippen molar-refractivity contribution in [2.24, 2.45) is 0 Å². The number of nitrogens with zero attached hydrogens (tertiary/aromatic N) is 5. The van der Waals surface area contributed by atoms with E-state index in [-0.39, 0.29) is 17.0 Å². The van der Waals surface area contributed by atoms with Crippen LogP contribution in [0.1, 0.15) is 0 Å². The standard InChI is InChI=1S/C22H14ClF3N6O/c23-15-3-1-13(2-4-15)18-19-14(9-28-21(30-19)29-12-22(24,25)26)10-32(20(18)33)16-5-6-17-27-7-8-31(17)11-16/h1-11H,12H2,(H,29,30). The van der Waals surface area contributed by atoms with Gasteiger partial charge in [0.2, 0.25) is 5.95 Å². The molecule has 0 unspecified atom stereocenters. The molecule has 11 heteroatoms. The molecule has 0 amide bonds. The molecule has 4 aromatic heterocycles. The molecule has 166 valence electrons. The summed E-state index contributed by atoms with van der Waals surface area (Å²) in [6, 6.07) is 10.1. The van der Waals surface area contributed by atoms with E-state index in [1.54, 1.807) is 65.6 Å². The molecule has 0 bridgehead atoms. The van der Waals surface area contributed by atoms with Crippen LogP contribution in [0.3, 0.4) is 0 Å². The predicted octanol–water partition coefficient (Wildman–Crippen LogP) is 4.72. The molecule has 0 aliphatic rings. The van der Waals surface area contributed by atoms with Crippen LogP contribution >= 0.6 is 11.6 Å². The van der Waals surface area contributed by atoms with Crippen molar-refractivity contribution < 1.29 is 13.2 Å². The van der Waals surface area contributed by atoms with Gasteiger partial charge in [0, 0.05) is 41.4 Å². The number of benzene rings is 1. The van der Waals surface area contributed by atoms with Crippen LogP contribution in [0.15, 0.2) is 72.2 Å². The molecule has 0 saturated carbocycles. The molecular formula is C22H14ClF3N6O. The average molecular weight is 471 g/mol. The van der Waals surface area contributed by atoms with Crippen molar-refractivity contribution in [3.05, 3.63) is 82.8 Å². The van der Waals surface area contributed by atoms with Crippen molar-refractivity contribution in [2.75, 3.05) is 11.9 Å². The van der Waals surface area contributed by atoms with Gasteiger partial charge in [-0.2, -0.15) is 13.2 Å². The topological polar surface area (TPSA) is 77.1 Å². The van der Waals surface area contributed by atoms with Crippen molar-refractivity contribution in [3.63, 3.8) is 0 Å². The van der Waals surface area contributed by atoms with Gasteiger partial charge in [-0.05, 0) is 29.8 Å². The third-order valence-electron chi connectivity index (χ3n) is 4.99. The first-order chi connectivity index (χ1) is 15.8. The third-order valence-corrected chi connectivity index (χ3v) is 5.24. The number of pyridine rings is 2. The quantitative estimate of drug-likeness (QED) is 0.411. The van der Waals surface area contributed by atoms with Crippen LogP contribution in [0.4, 0.5) is 19.1 Å². The van der Waals surface area contributed by atoms with Gasteiger partial charge in [-0.15, -0.1) is 0 Å². The van der Waals surface area contributed by atoms with E-state index < -0.39 is 18.3 Å². The van der Waals surface area contributed by atoms with E-state index >= 15 is 0 Å². The smallest absolute Gasteiger partial charge is 0.345 e. The second-order valence-corrected chi connectivity index (χ2v) is 7.67. The summed E-state index contributed by atoms with van der Waals surface area (Å²) in [4.78, 5) is 26.0. The fraction of sp³-hybridized carbons (Fsp3) is 0.0909. The zero-order valence-electron chi connectivity index (χ0n) is 16.7. The Hall–Kier alpha value is -3.92. The van der Waals surface area contributed by atoms with Crippen LogP contribution in [0.2, 0.25) is 5.02 Å². The molecule has 0 spiro atoms. The number of imidazole rings is 1. The summed E-state index contributed by atoms with van der Waals surface area (Å²) in [7, 11) is 0. The maximum absolute atomic E-state index is 13.6. The maximum Gasteiger partial charge on any atom is 0.405 e. The van der Waals surface area contributed by atoms with Gasteiger partial charge >= 0.3 is 6.18 Å². The van der Waals surface area contributed by atoms with Crippen LogP contribution in [-0.4, -0.2) is 36.6 Å². The normalized spacial score (nSPS) is 11.9. The molecule has 7 nitrogen and oxygen atoms in total. The summed E-state index contributed by atoms with van der Waals surface area (Å²) < 4.78 is 41.1. The summed E-state index contributed by atoms with van der Waals surface area (Å²) in [5.74, 6) is -0.230. The molecule has 1 N–H and O–H groups in total. The number of hydrogen-bond acceptors (Lipinski definition) is 5. The zero-order valence-corrected chi connectivity index (χ0v) is 17.5. The van der Waals surface area contributed by atoms with Gasteiger partial charge in [-0.25, -0.2) is 15.0 Å².